The Bertz CT molecular complexity index is 3410. The van der Waals surface area contributed by atoms with Gasteiger partial charge in [0.25, 0.3) is 6.71 Å². The maximum Gasteiger partial charge on any atom is 0.252 e. The van der Waals surface area contributed by atoms with E-state index in [9.17, 15) is 0 Å². The van der Waals surface area contributed by atoms with E-state index in [4.69, 9.17) is 4.11 Å². The average Bonchev–Trinajstić information content (AvgIpc) is 3.70. The fourth-order valence-corrected chi connectivity index (χ4v) is 12.2. The number of benzene rings is 8. The lowest BCUT2D eigenvalue weighted by Crippen LogP contribution is -2.62. The summed E-state index contributed by atoms with van der Waals surface area (Å²) in [5.41, 5.74) is 18.5. The molecule has 0 saturated heterocycles. The number of thiophene rings is 1. The standard InChI is InChI=1S/C58H49BN2S/c1-36-30-51-56-52(31-36)61(49-21-15-23-54-55(49)42-20-13-14-22-53(42)62-54)48-27-25-41(39-18-11-8-12-19-39)33-45(48)59(56)46-34-43-44(58(5,6)29-28-57(43,3)4)35-50(46)60(51)47-26-24-40(32-37(47)2)38-16-9-7-10-17-38/h7-27,30-35H,28-29H2,1-6H3/i1D3. The molecule has 2 nitrogen and oxygen atoms in total. The predicted molar refractivity (Wildman–Crippen MR) is 269 cm³/mol. The van der Waals surface area contributed by atoms with Crippen molar-refractivity contribution in [1.82, 2.24) is 0 Å². The minimum Gasteiger partial charge on any atom is -0.311 e. The zero-order valence-corrected chi connectivity index (χ0v) is 36.7. The van der Waals surface area contributed by atoms with Crippen molar-refractivity contribution in [2.45, 2.75) is 65.1 Å². The third-order valence-corrected chi connectivity index (χ3v) is 15.4. The Morgan fingerprint density at radius 2 is 1.08 bits per heavy atom. The van der Waals surface area contributed by atoms with Gasteiger partial charge in [0.05, 0.1) is 5.69 Å². The van der Waals surface area contributed by atoms with Crippen LogP contribution in [0.2, 0.25) is 0 Å². The summed E-state index contributed by atoms with van der Waals surface area (Å²) >= 11 is 1.81. The van der Waals surface area contributed by atoms with Gasteiger partial charge in [-0.2, -0.15) is 0 Å². The van der Waals surface area contributed by atoms with Crippen LogP contribution in [-0.4, -0.2) is 6.71 Å². The summed E-state index contributed by atoms with van der Waals surface area (Å²) in [6, 6.07) is 59.3. The highest BCUT2D eigenvalue weighted by molar-refractivity contribution is 7.26. The van der Waals surface area contributed by atoms with Crippen molar-refractivity contribution in [2.75, 3.05) is 9.80 Å². The summed E-state index contributed by atoms with van der Waals surface area (Å²) in [6.07, 6.45) is 2.19. The fraction of sp³-hybridized carbons (Fsp3) is 0.172. The van der Waals surface area contributed by atoms with Gasteiger partial charge in [0.1, 0.15) is 0 Å². The number of rotatable bonds is 4. The van der Waals surface area contributed by atoms with E-state index < -0.39 is 6.85 Å². The minimum atomic E-state index is -2.37. The number of hydrogen-bond donors (Lipinski definition) is 0. The fourth-order valence-electron chi connectivity index (χ4n) is 11.0. The molecule has 1 aliphatic carbocycles. The van der Waals surface area contributed by atoms with Crippen molar-refractivity contribution in [3.63, 3.8) is 0 Å². The van der Waals surface area contributed by atoms with Crippen LogP contribution in [0.25, 0.3) is 42.4 Å². The second-order valence-corrected chi connectivity index (χ2v) is 20.1. The Labute approximate surface area is 374 Å². The van der Waals surface area contributed by atoms with Gasteiger partial charge in [-0.15, -0.1) is 11.3 Å². The van der Waals surface area contributed by atoms with E-state index in [-0.39, 0.29) is 17.5 Å². The molecule has 62 heavy (non-hydrogen) atoms. The monoisotopic (exact) mass is 819 g/mol. The van der Waals surface area contributed by atoms with Crippen molar-refractivity contribution in [3.8, 4) is 22.3 Å². The molecule has 2 aliphatic heterocycles. The molecule has 0 spiro atoms. The first-order valence-electron chi connectivity index (χ1n) is 23.5. The molecule has 1 aromatic heterocycles. The highest BCUT2D eigenvalue weighted by Gasteiger charge is 2.47. The van der Waals surface area contributed by atoms with Gasteiger partial charge < -0.3 is 9.80 Å². The van der Waals surface area contributed by atoms with Gasteiger partial charge in [0.2, 0.25) is 0 Å². The normalized spacial score (nSPS) is 16.5. The summed E-state index contributed by atoms with van der Waals surface area (Å²) in [4.78, 5) is 4.82. The molecule has 0 radical (unpaired) electrons. The van der Waals surface area contributed by atoms with Crippen molar-refractivity contribution in [1.29, 1.82) is 0 Å². The first-order chi connectivity index (χ1) is 31.3. The summed E-state index contributed by atoms with van der Waals surface area (Å²) in [6.45, 7) is 9.28. The molecule has 8 aromatic carbocycles. The van der Waals surface area contributed by atoms with Crippen LogP contribution in [-0.2, 0) is 10.8 Å². The van der Waals surface area contributed by atoms with Crippen molar-refractivity contribution in [2.24, 2.45) is 0 Å². The Kier molecular flexibility index (Phi) is 7.50. The van der Waals surface area contributed by atoms with Gasteiger partial charge in [-0.3, -0.25) is 0 Å². The van der Waals surface area contributed by atoms with E-state index in [1.807, 2.05) is 12.1 Å². The van der Waals surface area contributed by atoms with Gasteiger partial charge >= 0.3 is 0 Å². The smallest absolute Gasteiger partial charge is 0.252 e. The van der Waals surface area contributed by atoms with Crippen LogP contribution >= 0.6 is 11.3 Å². The predicted octanol–water partition coefficient (Wildman–Crippen LogP) is 14.4. The molecule has 0 unspecified atom stereocenters. The van der Waals surface area contributed by atoms with Crippen LogP contribution in [0, 0.1) is 13.8 Å². The number of fused-ring (bicyclic) bond motifs is 8. The quantitative estimate of drug-likeness (QED) is 0.163. The molecule has 4 heteroatoms. The third kappa shape index (κ3) is 5.55. The van der Waals surface area contributed by atoms with Gasteiger partial charge in [-0.05, 0) is 153 Å². The molecule has 9 aromatic rings. The van der Waals surface area contributed by atoms with Crippen molar-refractivity contribution in [3.05, 3.63) is 186 Å². The van der Waals surface area contributed by atoms with Crippen molar-refractivity contribution >= 4 is 88.7 Å². The number of aryl methyl sites for hydroxylation is 2. The van der Waals surface area contributed by atoms with E-state index in [0.717, 1.165) is 80.2 Å². The molecule has 300 valence electrons. The van der Waals surface area contributed by atoms with Gasteiger partial charge in [0, 0.05) is 52.7 Å². The average molecular weight is 820 g/mol. The second-order valence-electron chi connectivity index (χ2n) is 19.0. The van der Waals surface area contributed by atoms with Gasteiger partial charge in [-0.1, -0.05) is 137 Å². The summed E-state index contributed by atoms with van der Waals surface area (Å²) in [5, 5.41) is 2.38. The van der Waals surface area contributed by atoms with Crippen LogP contribution < -0.4 is 26.2 Å². The van der Waals surface area contributed by atoms with E-state index in [1.54, 1.807) is 11.3 Å². The highest BCUT2D eigenvalue weighted by Crippen LogP contribution is 2.52. The zero-order chi connectivity index (χ0) is 44.6. The molecular weight excluding hydrogens is 768 g/mol. The van der Waals surface area contributed by atoms with E-state index in [1.165, 1.54) is 42.2 Å². The first kappa shape index (κ1) is 34.3. The van der Waals surface area contributed by atoms with E-state index in [2.05, 4.69) is 196 Å². The minimum absolute atomic E-state index is 0.0305. The topological polar surface area (TPSA) is 6.48 Å². The van der Waals surface area contributed by atoms with Crippen LogP contribution in [0.5, 0.6) is 0 Å². The lowest BCUT2D eigenvalue weighted by molar-refractivity contribution is 0.332. The molecule has 0 atom stereocenters. The molecule has 0 bridgehead atoms. The number of nitrogens with zero attached hydrogens (tertiary/aromatic N) is 2. The summed E-state index contributed by atoms with van der Waals surface area (Å²) < 4.78 is 29.7. The molecule has 0 saturated carbocycles. The lowest BCUT2D eigenvalue weighted by atomic mass is 9.33. The first-order valence-corrected chi connectivity index (χ1v) is 22.8. The molecule has 0 amide bonds. The second kappa shape index (κ2) is 13.6. The third-order valence-electron chi connectivity index (χ3n) is 14.3. The van der Waals surface area contributed by atoms with Gasteiger partial charge in [0.15, 0.2) is 0 Å². The Morgan fingerprint density at radius 1 is 0.500 bits per heavy atom. The maximum atomic E-state index is 9.08. The molecule has 0 fully saturated rings. The Balaban J connectivity index is 1.23. The Morgan fingerprint density at radius 3 is 1.76 bits per heavy atom. The van der Waals surface area contributed by atoms with Crippen LogP contribution in [0.4, 0.5) is 34.1 Å². The lowest BCUT2D eigenvalue weighted by Gasteiger charge is -2.47. The SMILES string of the molecule is [2H]C([2H])([2H])c1cc2c3c(c1)N(c1cccc4sc5ccccc5c14)c1ccc(-c4ccccc4)cc1B3c1cc3c(cc1N2c1ccc(-c2ccccc2)cc1C)C(C)(C)CCC3(C)C. The zero-order valence-electron chi connectivity index (χ0n) is 38.9. The van der Waals surface area contributed by atoms with Crippen molar-refractivity contribution < 1.29 is 4.11 Å². The number of hydrogen-bond acceptors (Lipinski definition) is 3. The van der Waals surface area contributed by atoms with Crippen LogP contribution in [0.1, 0.15) is 66.9 Å². The molecule has 3 heterocycles. The van der Waals surface area contributed by atoms with Crippen LogP contribution in [0.15, 0.2) is 164 Å². The maximum absolute atomic E-state index is 9.08. The van der Waals surface area contributed by atoms with E-state index >= 15 is 0 Å². The summed E-state index contributed by atoms with van der Waals surface area (Å²) in [5.74, 6) is 0. The van der Waals surface area contributed by atoms with Gasteiger partial charge in [-0.25, -0.2) is 0 Å². The van der Waals surface area contributed by atoms with Crippen LogP contribution in [0.3, 0.4) is 0 Å². The summed E-state index contributed by atoms with van der Waals surface area (Å²) in [7, 11) is 0. The molecule has 0 N–H and O–H groups in total. The molecule has 3 aliphatic rings. The number of anilines is 6. The molecule has 12 rings (SSSR count). The Hall–Kier alpha value is -6.36. The molecular formula is C58H49BN2S. The largest absolute Gasteiger partial charge is 0.311 e. The highest BCUT2D eigenvalue weighted by atomic mass is 32.1. The van der Waals surface area contributed by atoms with E-state index in [0.29, 0.717) is 5.56 Å².